The van der Waals surface area contributed by atoms with Gasteiger partial charge in [-0.25, -0.2) is 4.98 Å². The SMILES string of the molecule is Cc1nc2ccccc2c(=O)n1CCCN(C)C. The molecule has 0 aliphatic heterocycles. The summed E-state index contributed by atoms with van der Waals surface area (Å²) in [6.07, 6.45) is 0.952. The molecule has 0 amide bonds. The molecule has 0 saturated carbocycles. The van der Waals surface area contributed by atoms with Crippen LogP contribution in [0.1, 0.15) is 12.2 Å². The first-order chi connectivity index (χ1) is 8.59. The molecule has 0 bridgehead atoms. The van der Waals surface area contributed by atoms with Gasteiger partial charge < -0.3 is 4.90 Å². The van der Waals surface area contributed by atoms with Crippen LogP contribution in [0.5, 0.6) is 0 Å². The summed E-state index contributed by atoms with van der Waals surface area (Å²) in [7, 11) is 4.07. The topological polar surface area (TPSA) is 38.1 Å². The molecular weight excluding hydrogens is 226 g/mol. The molecule has 0 fully saturated rings. The molecule has 0 radical (unpaired) electrons. The maximum absolute atomic E-state index is 12.3. The van der Waals surface area contributed by atoms with Crippen molar-refractivity contribution in [1.29, 1.82) is 0 Å². The molecule has 1 aromatic carbocycles. The average molecular weight is 245 g/mol. The summed E-state index contributed by atoms with van der Waals surface area (Å²) in [6, 6.07) is 7.51. The maximum Gasteiger partial charge on any atom is 0.261 e. The summed E-state index contributed by atoms with van der Waals surface area (Å²) >= 11 is 0. The first-order valence-electron chi connectivity index (χ1n) is 6.20. The second kappa shape index (κ2) is 5.31. The fourth-order valence-corrected chi connectivity index (χ4v) is 2.09. The van der Waals surface area contributed by atoms with E-state index in [9.17, 15) is 4.79 Å². The molecule has 0 saturated heterocycles. The van der Waals surface area contributed by atoms with E-state index in [-0.39, 0.29) is 5.56 Å². The molecule has 96 valence electrons. The molecule has 1 aromatic heterocycles. The van der Waals surface area contributed by atoms with Gasteiger partial charge in [0, 0.05) is 6.54 Å². The molecule has 2 aromatic rings. The van der Waals surface area contributed by atoms with Crippen molar-refractivity contribution in [2.75, 3.05) is 20.6 Å². The van der Waals surface area contributed by atoms with Gasteiger partial charge in [-0.3, -0.25) is 9.36 Å². The number of nitrogens with zero attached hydrogens (tertiary/aromatic N) is 3. The van der Waals surface area contributed by atoms with Crippen LogP contribution in [0.25, 0.3) is 10.9 Å². The van der Waals surface area contributed by atoms with Crippen molar-refractivity contribution in [3.63, 3.8) is 0 Å². The van der Waals surface area contributed by atoms with Gasteiger partial charge in [0.15, 0.2) is 0 Å². The molecule has 0 N–H and O–H groups in total. The molecule has 0 spiro atoms. The van der Waals surface area contributed by atoms with Crippen LogP contribution >= 0.6 is 0 Å². The Morgan fingerprint density at radius 2 is 2.00 bits per heavy atom. The summed E-state index contributed by atoms with van der Waals surface area (Å²) in [4.78, 5) is 18.9. The van der Waals surface area contributed by atoms with Crippen LogP contribution in [0.3, 0.4) is 0 Å². The Balaban J connectivity index is 2.35. The minimum absolute atomic E-state index is 0.0665. The second-order valence-electron chi connectivity index (χ2n) is 4.79. The number of fused-ring (bicyclic) bond motifs is 1. The van der Waals surface area contributed by atoms with Crippen molar-refractivity contribution in [3.8, 4) is 0 Å². The molecule has 18 heavy (non-hydrogen) atoms. The summed E-state index contributed by atoms with van der Waals surface area (Å²) in [5, 5.41) is 0.702. The van der Waals surface area contributed by atoms with Gasteiger partial charge in [-0.15, -0.1) is 0 Å². The van der Waals surface area contributed by atoms with Crippen LogP contribution in [0.15, 0.2) is 29.1 Å². The van der Waals surface area contributed by atoms with Crippen molar-refractivity contribution < 1.29 is 0 Å². The number of hydrogen-bond donors (Lipinski definition) is 0. The van der Waals surface area contributed by atoms with Gasteiger partial charge in [0.25, 0.3) is 5.56 Å². The Labute approximate surface area is 107 Å². The highest BCUT2D eigenvalue weighted by Crippen LogP contribution is 2.07. The molecule has 4 heteroatoms. The molecule has 1 heterocycles. The van der Waals surface area contributed by atoms with Gasteiger partial charge in [0.05, 0.1) is 10.9 Å². The van der Waals surface area contributed by atoms with Gasteiger partial charge in [0.1, 0.15) is 5.82 Å². The Morgan fingerprint density at radius 1 is 1.28 bits per heavy atom. The van der Waals surface area contributed by atoms with E-state index in [0.717, 1.165) is 30.9 Å². The first-order valence-corrected chi connectivity index (χ1v) is 6.20. The summed E-state index contributed by atoms with van der Waals surface area (Å²) in [5.74, 6) is 0.789. The molecule has 4 nitrogen and oxygen atoms in total. The Bertz CT molecular complexity index is 602. The van der Waals surface area contributed by atoms with E-state index >= 15 is 0 Å². The second-order valence-corrected chi connectivity index (χ2v) is 4.79. The third-order valence-electron chi connectivity index (χ3n) is 3.04. The van der Waals surface area contributed by atoms with Gasteiger partial charge in [-0.1, -0.05) is 12.1 Å². The first kappa shape index (κ1) is 12.8. The third-order valence-corrected chi connectivity index (χ3v) is 3.04. The predicted molar refractivity (Wildman–Crippen MR) is 73.9 cm³/mol. The highest BCUT2D eigenvalue weighted by atomic mass is 16.1. The molecule has 0 atom stereocenters. The molecular formula is C14H19N3O. The standard InChI is InChI=1S/C14H19N3O/c1-11-15-13-8-5-4-7-12(13)14(18)17(11)10-6-9-16(2)3/h4-5,7-8H,6,9-10H2,1-3H3. The fraction of sp³-hybridized carbons (Fsp3) is 0.429. The number of benzene rings is 1. The summed E-state index contributed by atoms with van der Waals surface area (Å²) in [5.41, 5.74) is 0.848. The molecule has 2 rings (SSSR count). The van der Waals surface area contributed by atoms with Crippen molar-refractivity contribution >= 4 is 10.9 Å². The Hall–Kier alpha value is -1.68. The number of aryl methyl sites for hydroxylation is 1. The van der Waals surface area contributed by atoms with E-state index in [2.05, 4.69) is 9.88 Å². The van der Waals surface area contributed by atoms with E-state index in [1.54, 1.807) is 4.57 Å². The smallest absolute Gasteiger partial charge is 0.261 e. The predicted octanol–water partition coefficient (Wildman–Crippen LogP) is 1.66. The van der Waals surface area contributed by atoms with Crippen molar-refractivity contribution in [2.24, 2.45) is 0 Å². The van der Waals surface area contributed by atoms with Crippen molar-refractivity contribution in [1.82, 2.24) is 14.5 Å². The quantitative estimate of drug-likeness (QED) is 0.822. The highest BCUT2D eigenvalue weighted by molar-refractivity contribution is 5.77. The normalized spacial score (nSPS) is 11.3. The van der Waals surface area contributed by atoms with E-state index < -0.39 is 0 Å². The third kappa shape index (κ3) is 2.59. The number of aromatic nitrogens is 2. The largest absolute Gasteiger partial charge is 0.309 e. The molecule has 0 aliphatic rings. The lowest BCUT2D eigenvalue weighted by Gasteiger charge is -2.13. The van der Waals surface area contributed by atoms with Crippen LogP contribution in [0.2, 0.25) is 0 Å². The lowest BCUT2D eigenvalue weighted by Crippen LogP contribution is -2.25. The summed E-state index contributed by atoms with van der Waals surface area (Å²) in [6.45, 7) is 3.59. The van der Waals surface area contributed by atoms with Gasteiger partial charge in [-0.2, -0.15) is 0 Å². The summed E-state index contributed by atoms with van der Waals surface area (Å²) < 4.78 is 1.77. The minimum Gasteiger partial charge on any atom is -0.309 e. The van der Waals surface area contributed by atoms with Gasteiger partial charge >= 0.3 is 0 Å². The number of rotatable bonds is 4. The number of hydrogen-bond acceptors (Lipinski definition) is 3. The lowest BCUT2D eigenvalue weighted by molar-refractivity contribution is 0.383. The van der Waals surface area contributed by atoms with Crippen LogP contribution in [0.4, 0.5) is 0 Å². The van der Waals surface area contributed by atoms with Crippen molar-refractivity contribution in [3.05, 3.63) is 40.4 Å². The number of para-hydroxylation sites is 1. The molecule has 0 unspecified atom stereocenters. The lowest BCUT2D eigenvalue weighted by atomic mass is 10.2. The monoisotopic (exact) mass is 245 g/mol. The van der Waals surface area contributed by atoms with Crippen molar-refractivity contribution in [2.45, 2.75) is 19.9 Å². The van der Waals surface area contributed by atoms with E-state index in [1.165, 1.54) is 0 Å². The van der Waals surface area contributed by atoms with E-state index in [1.807, 2.05) is 45.3 Å². The average Bonchev–Trinajstić information content (AvgIpc) is 2.33. The Morgan fingerprint density at radius 3 is 2.72 bits per heavy atom. The van der Waals surface area contributed by atoms with Gasteiger partial charge in [-0.05, 0) is 46.1 Å². The zero-order chi connectivity index (χ0) is 13.1. The highest BCUT2D eigenvalue weighted by Gasteiger charge is 2.07. The van der Waals surface area contributed by atoms with E-state index in [4.69, 9.17) is 0 Å². The maximum atomic E-state index is 12.3. The zero-order valence-corrected chi connectivity index (χ0v) is 11.2. The van der Waals surface area contributed by atoms with Crippen LogP contribution in [-0.4, -0.2) is 35.1 Å². The minimum atomic E-state index is 0.0665. The van der Waals surface area contributed by atoms with Crippen LogP contribution in [0, 0.1) is 6.92 Å². The molecule has 0 aliphatic carbocycles. The van der Waals surface area contributed by atoms with Crippen LogP contribution in [-0.2, 0) is 6.54 Å². The fourth-order valence-electron chi connectivity index (χ4n) is 2.09. The Kier molecular flexibility index (Phi) is 3.77. The van der Waals surface area contributed by atoms with Crippen LogP contribution < -0.4 is 5.56 Å². The zero-order valence-electron chi connectivity index (χ0n) is 11.2. The van der Waals surface area contributed by atoms with E-state index in [0.29, 0.717) is 5.39 Å². The van der Waals surface area contributed by atoms with Gasteiger partial charge in [0.2, 0.25) is 0 Å².